The molecule has 16 heteroatoms. The third kappa shape index (κ3) is 10.1. The summed E-state index contributed by atoms with van der Waals surface area (Å²) in [5.74, 6) is 2.42. The highest BCUT2D eigenvalue weighted by molar-refractivity contribution is 7.98. The first kappa shape index (κ1) is 32.4. The van der Waals surface area contributed by atoms with Crippen molar-refractivity contribution < 1.29 is 22.1 Å². The molecule has 0 aliphatic carbocycles. The molecule has 4 N–H and O–H groups in total. The van der Waals surface area contributed by atoms with E-state index >= 15 is 0 Å². The van der Waals surface area contributed by atoms with Gasteiger partial charge in [-0.3, -0.25) is 19.5 Å². The predicted molar refractivity (Wildman–Crippen MR) is 156 cm³/mol. The van der Waals surface area contributed by atoms with Crippen LogP contribution >= 0.6 is 11.8 Å². The number of imidazole rings is 2. The largest absolute Gasteiger partial charge is 0.484 e. The molecule has 0 fully saturated rings. The number of guanidine groups is 1. The molecule has 0 saturated carbocycles. The number of hydrogen-bond acceptors (Lipinski definition) is 8. The molecule has 224 valence electrons. The fraction of sp³-hybridized carbons (Fsp3) is 0.346. The van der Waals surface area contributed by atoms with Crippen molar-refractivity contribution in [3.63, 3.8) is 0 Å². The Kier molecular flexibility index (Phi) is 12.2. The Morgan fingerprint density at radius 1 is 1.21 bits per heavy atom. The number of alkyl halides is 3. The van der Waals surface area contributed by atoms with Crippen molar-refractivity contribution in [2.75, 3.05) is 26.0 Å². The number of fused-ring (bicyclic) bond motifs is 1. The summed E-state index contributed by atoms with van der Waals surface area (Å²) >= 11 is 1.79. The minimum atomic E-state index is -4.42. The highest BCUT2D eigenvalue weighted by Gasteiger charge is 2.29. The van der Waals surface area contributed by atoms with Crippen LogP contribution in [0.5, 0.6) is 5.75 Å². The second kappa shape index (κ2) is 15.8. The Hall–Kier alpha value is -4.10. The average molecular weight is 622 g/mol. The number of aryl methyl sites for hydroxylation is 1. The second-order valence-electron chi connectivity index (χ2n) is 8.60. The highest BCUT2D eigenvalue weighted by Crippen LogP contribution is 2.24. The number of pyridine rings is 1. The lowest BCUT2D eigenvalue weighted by atomic mass is 10.2. The van der Waals surface area contributed by atoms with E-state index in [-0.39, 0.29) is 11.5 Å². The molecule has 3 aromatic heterocycles. The fourth-order valence-electron chi connectivity index (χ4n) is 3.43. The van der Waals surface area contributed by atoms with Crippen LogP contribution in [-0.4, -0.2) is 67.2 Å². The van der Waals surface area contributed by atoms with E-state index in [0.29, 0.717) is 27.9 Å². The zero-order valence-corrected chi connectivity index (χ0v) is 24.7. The van der Waals surface area contributed by atoms with Crippen LogP contribution in [0.1, 0.15) is 22.6 Å². The van der Waals surface area contributed by atoms with E-state index in [0.717, 1.165) is 35.0 Å². The first-order chi connectivity index (χ1) is 20.1. The summed E-state index contributed by atoms with van der Waals surface area (Å²) in [5, 5.41) is 14.2. The van der Waals surface area contributed by atoms with E-state index in [1.807, 2.05) is 31.3 Å². The highest BCUT2D eigenvalue weighted by atomic mass is 32.2. The summed E-state index contributed by atoms with van der Waals surface area (Å²) in [6.45, 7) is 2.98. The van der Waals surface area contributed by atoms with E-state index in [1.165, 1.54) is 12.3 Å². The van der Waals surface area contributed by atoms with Gasteiger partial charge in [0.25, 0.3) is 0 Å². The third-order valence-corrected chi connectivity index (χ3v) is 7.74. The molecule has 1 aromatic carbocycles. The number of nitrogens with zero attached hydrogens (tertiary/aromatic N) is 5. The molecule has 1 unspecified atom stereocenters. The molecule has 0 amide bonds. The Morgan fingerprint density at radius 3 is 2.67 bits per heavy atom. The molecule has 0 aliphatic rings. The van der Waals surface area contributed by atoms with Gasteiger partial charge in [0, 0.05) is 42.6 Å². The van der Waals surface area contributed by atoms with Gasteiger partial charge in [-0.05, 0) is 32.0 Å². The Balaban J connectivity index is 0.000000250. The molecule has 0 saturated heterocycles. The normalized spacial score (nSPS) is 12.3. The Morgan fingerprint density at radius 2 is 2.00 bits per heavy atom. The summed E-state index contributed by atoms with van der Waals surface area (Å²) in [6.07, 6.45) is 0.449. The number of benzene rings is 1. The molecule has 3 heterocycles. The van der Waals surface area contributed by atoms with Crippen LogP contribution in [0, 0.1) is 25.3 Å². The predicted octanol–water partition coefficient (Wildman–Crippen LogP) is 4.11. The number of rotatable bonds is 10. The molecular formula is C26H30F3N9O2S2. The maximum Gasteiger partial charge on any atom is 0.422 e. The molecule has 11 nitrogen and oxygen atoms in total. The van der Waals surface area contributed by atoms with Gasteiger partial charge in [-0.15, -0.1) is 0 Å². The van der Waals surface area contributed by atoms with Crippen molar-refractivity contribution in [2.24, 2.45) is 4.99 Å². The number of para-hydroxylation sites is 2. The molecule has 42 heavy (non-hydrogen) atoms. The lowest BCUT2D eigenvalue weighted by Crippen LogP contribution is -2.35. The smallest absolute Gasteiger partial charge is 0.422 e. The number of ether oxygens (including phenoxy) is 1. The second-order valence-corrected chi connectivity index (χ2v) is 11.1. The molecule has 1 atom stereocenters. The van der Waals surface area contributed by atoms with Crippen LogP contribution in [0.3, 0.4) is 0 Å². The van der Waals surface area contributed by atoms with Crippen LogP contribution in [0.2, 0.25) is 0 Å². The van der Waals surface area contributed by atoms with E-state index in [9.17, 15) is 17.4 Å². The van der Waals surface area contributed by atoms with Gasteiger partial charge >= 0.3 is 6.18 Å². The minimum absolute atomic E-state index is 0.0227. The van der Waals surface area contributed by atoms with E-state index in [1.54, 1.807) is 38.1 Å². The fourth-order valence-corrected chi connectivity index (χ4v) is 5.40. The molecule has 4 rings (SSSR count). The standard InChI is InChI=1S/C16H14F3N3O2S.C10H16N6S/c1-10-13(20-7-6-14(10)24-9-16(17,18)19)8-25(23)15-21-11-4-2-3-5-12(11)22-15;1-8-9(16-7-15-8)5-17-4-3-13-10(12-2)14-6-11/h2-7H,8-9H2,1H3,(H,21,22);7H,3-5H2,1-2H3,(H,15,16)(H2,12,13,14). The quantitative estimate of drug-likeness (QED) is 0.0673. The maximum absolute atomic E-state index is 12.5. The summed E-state index contributed by atoms with van der Waals surface area (Å²) in [5.41, 5.74) is 4.49. The van der Waals surface area contributed by atoms with Gasteiger partial charge in [0.1, 0.15) is 5.75 Å². The van der Waals surface area contributed by atoms with Gasteiger partial charge in [0.2, 0.25) is 5.96 Å². The van der Waals surface area contributed by atoms with E-state index in [2.05, 4.69) is 40.5 Å². The Labute approximate surface area is 247 Å². The van der Waals surface area contributed by atoms with Crippen molar-refractivity contribution in [3.05, 3.63) is 65.5 Å². The van der Waals surface area contributed by atoms with Gasteiger partial charge in [0.15, 0.2) is 18.0 Å². The maximum atomic E-state index is 12.5. The topological polar surface area (TPSA) is 157 Å². The van der Waals surface area contributed by atoms with Crippen molar-refractivity contribution in [1.82, 2.24) is 35.6 Å². The summed E-state index contributed by atoms with van der Waals surface area (Å²) in [4.78, 5) is 22.5. The van der Waals surface area contributed by atoms with Crippen LogP contribution in [-0.2, 0) is 22.3 Å². The summed E-state index contributed by atoms with van der Waals surface area (Å²) < 4.78 is 54.2. The zero-order valence-electron chi connectivity index (χ0n) is 23.1. The molecule has 0 bridgehead atoms. The van der Waals surface area contributed by atoms with Crippen molar-refractivity contribution in [2.45, 2.75) is 36.7 Å². The lowest BCUT2D eigenvalue weighted by Gasteiger charge is -2.13. The molecular weight excluding hydrogens is 591 g/mol. The molecule has 0 radical (unpaired) electrons. The van der Waals surface area contributed by atoms with Crippen LogP contribution in [0.25, 0.3) is 11.0 Å². The van der Waals surface area contributed by atoms with Gasteiger partial charge < -0.3 is 20.0 Å². The van der Waals surface area contributed by atoms with Gasteiger partial charge in [-0.1, -0.05) is 12.1 Å². The zero-order chi connectivity index (χ0) is 30.5. The SMILES string of the molecule is CN=C(NC#N)NCCSCc1nc[nH]c1C.Cc1c(OCC(F)(F)F)ccnc1CS(=O)c1nc2ccccc2[nH]1. The average Bonchev–Trinajstić information content (AvgIpc) is 3.58. The van der Waals surface area contributed by atoms with Crippen molar-refractivity contribution >= 4 is 39.6 Å². The van der Waals surface area contributed by atoms with Crippen LogP contribution < -0.4 is 15.4 Å². The first-order valence-electron chi connectivity index (χ1n) is 12.5. The van der Waals surface area contributed by atoms with Crippen LogP contribution in [0.4, 0.5) is 13.2 Å². The van der Waals surface area contributed by atoms with Crippen LogP contribution in [0.15, 0.2) is 53.0 Å². The third-order valence-electron chi connectivity index (χ3n) is 5.61. The number of nitrogens with one attached hydrogen (secondary N) is 4. The Bertz CT molecular complexity index is 1510. The van der Waals surface area contributed by atoms with Gasteiger partial charge in [-0.25, -0.2) is 9.97 Å². The number of aliphatic imine (C=N–C) groups is 1. The number of thioether (sulfide) groups is 1. The van der Waals surface area contributed by atoms with Crippen molar-refractivity contribution in [1.29, 1.82) is 5.26 Å². The lowest BCUT2D eigenvalue weighted by molar-refractivity contribution is -0.153. The minimum Gasteiger partial charge on any atom is -0.484 e. The van der Waals surface area contributed by atoms with E-state index in [4.69, 9.17) is 10.00 Å². The molecule has 0 aliphatic heterocycles. The number of aromatic nitrogens is 5. The number of halogens is 3. The van der Waals surface area contributed by atoms with Gasteiger partial charge in [-0.2, -0.15) is 30.2 Å². The summed E-state index contributed by atoms with van der Waals surface area (Å²) in [7, 11) is 0.118. The number of H-pyrrole nitrogens is 2. The number of hydrogen-bond donors (Lipinski definition) is 4. The molecule has 0 spiro atoms. The number of nitriles is 1. The monoisotopic (exact) mass is 621 g/mol. The van der Waals surface area contributed by atoms with Gasteiger partial charge in [0.05, 0.1) is 45.3 Å². The van der Waals surface area contributed by atoms with E-state index < -0.39 is 23.6 Å². The first-order valence-corrected chi connectivity index (χ1v) is 15.0. The summed E-state index contributed by atoms with van der Waals surface area (Å²) in [6, 6.07) is 8.62. The van der Waals surface area contributed by atoms with Crippen molar-refractivity contribution in [3.8, 4) is 11.9 Å². The molecule has 4 aromatic rings. The number of aromatic amines is 2.